The monoisotopic (exact) mass is 247 g/mol. The summed E-state index contributed by atoms with van der Waals surface area (Å²) in [6, 6.07) is 13.7. The van der Waals surface area contributed by atoms with Crippen molar-refractivity contribution in [3.8, 4) is 0 Å². The molecule has 0 spiro atoms. The predicted molar refractivity (Wildman–Crippen MR) is 68.2 cm³/mol. The van der Waals surface area contributed by atoms with Gasteiger partial charge in [0.15, 0.2) is 0 Å². The standard InChI is InChI=1S/C15H15F2N/c16-14-7-6-13(15(17)10-14)11-18-9-8-12-4-2-1-3-5-12/h1-7,10,18H,8-9,11H2. The Morgan fingerprint density at radius 3 is 2.44 bits per heavy atom. The molecular weight excluding hydrogens is 232 g/mol. The fourth-order valence-corrected chi connectivity index (χ4v) is 1.77. The first-order valence-corrected chi connectivity index (χ1v) is 5.94. The van der Waals surface area contributed by atoms with E-state index >= 15 is 0 Å². The summed E-state index contributed by atoms with van der Waals surface area (Å²) in [4.78, 5) is 0. The molecule has 0 aliphatic rings. The van der Waals surface area contributed by atoms with Crippen molar-refractivity contribution in [1.82, 2.24) is 5.32 Å². The smallest absolute Gasteiger partial charge is 0.130 e. The van der Waals surface area contributed by atoms with Crippen molar-refractivity contribution in [3.05, 3.63) is 71.3 Å². The first-order chi connectivity index (χ1) is 8.75. The van der Waals surface area contributed by atoms with E-state index < -0.39 is 11.6 Å². The van der Waals surface area contributed by atoms with Crippen LogP contribution >= 0.6 is 0 Å². The van der Waals surface area contributed by atoms with Crippen LogP contribution in [0.5, 0.6) is 0 Å². The molecule has 0 heterocycles. The Bertz CT molecular complexity index is 497. The molecule has 0 radical (unpaired) electrons. The molecule has 94 valence electrons. The van der Waals surface area contributed by atoms with Crippen LogP contribution in [0.15, 0.2) is 48.5 Å². The van der Waals surface area contributed by atoms with Crippen LogP contribution in [0.3, 0.4) is 0 Å². The molecule has 1 N–H and O–H groups in total. The molecule has 0 saturated heterocycles. The Hall–Kier alpha value is -1.74. The molecule has 0 fully saturated rings. The molecule has 3 heteroatoms. The lowest BCUT2D eigenvalue weighted by molar-refractivity contribution is 0.560. The molecular formula is C15H15F2N. The maximum atomic E-state index is 13.3. The summed E-state index contributed by atoms with van der Waals surface area (Å²) in [5.41, 5.74) is 1.73. The van der Waals surface area contributed by atoms with E-state index in [1.165, 1.54) is 17.7 Å². The number of nitrogens with one attached hydrogen (secondary N) is 1. The normalized spacial score (nSPS) is 10.6. The van der Waals surface area contributed by atoms with Gasteiger partial charge in [0.1, 0.15) is 11.6 Å². The molecule has 0 aromatic heterocycles. The Morgan fingerprint density at radius 1 is 0.944 bits per heavy atom. The van der Waals surface area contributed by atoms with Crippen molar-refractivity contribution in [2.45, 2.75) is 13.0 Å². The van der Waals surface area contributed by atoms with Crippen LogP contribution in [-0.2, 0) is 13.0 Å². The SMILES string of the molecule is Fc1ccc(CNCCc2ccccc2)c(F)c1. The summed E-state index contributed by atoms with van der Waals surface area (Å²) in [7, 11) is 0. The lowest BCUT2D eigenvalue weighted by Crippen LogP contribution is -2.17. The number of rotatable bonds is 5. The van der Waals surface area contributed by atoms with Gasteiger partial charge in [0.05, 0.1) is 0 Å². The molecule has 0 amide bonds. The molecule has 0 atom stereocenters. The number of halogens is 2. The molecule has 0 aliphatic carbocycles. The maximum Gasteiger partial charge on any atom is 0.130 e. The van der Waals surface area contributed by atoms with E-state index in [1.54, 1.807) is 0 Å². The Kier molecular flexibility index (Phi) is 4.42. The van der Waals surface area contributed by atoms with Gasteiger partial charge in [-0.15, -0.1) is 0 Å². The average Bonchev–Trinajstić information content (AvgIpc) is 2.38. The Morgan fingerprint density at radius 2 is 1.72 bits per heavy atom. The third-order valence-corrected chi connectivity index (χ3v) is 2.76. The molecule has 2 aromatic carbocycles. The topological polar surface area (TPSA) is 12.0 Å². The molecule has 0 saturated carbocycles. The first kappa shape index (κ1) is 12.7. The van der Waals surface area contributed by atoms with Gasteiger partial charge < -0.3 is 5.32 Å². The van der Waals surface area contributed by atoms with Crippen molar-refractivity contribution in [2.24, 2.45) is 0 Å². The second kappa shape index (κ2) is 6.26. The zero-order valence-electron chi connectivity index (χ0n) is 10.00. The Labute approximate surface area is 105 Å². The molecule has 0 aliphatic heterocycles. The summed E-state index contributed by atoms with van der Waals surface area (Å²) >= 11 is 0. The lowest BCUT2D eigenvalue weighted by Gasteiger charge is -2.06. The quantitative estimate of drug-likeness (QED) is 0.799. The summed E-state index contributed by atoms with van der Waals surface area (Å²) in [5, 5.41) is 3.15. The van der Waals surface area contributed by atoms with Gasteiger partial charge in [-0.25, -0.2) is 8.78 Å². The van der Waals surface area contributed by atoms with Crippen molar-refractivity contribution in [3.63, 3.8) is 0 Å². The van der Waals surface area contributed by atoms with Crippen molar-refractivity contribution >= 4 is 0 Å². The van der Waals surface area contributed by atoms with Crippen LogP contribution in [0.25, 0.3) is 0 Å². The largest absolute Gasteiger partial charge is 0.312 e. The molecule has 0 unspecified atom stereocenters. The van der Waals surface area contributed by atoms with Crippen LogP contribution in [0.4, 0.5) is 8.78 Å². The maximum absolute atomic E-state index is 13.3. The van der Waals surface area contributed by atoms with Gasteiger partial charge in [0.25, 0.3) is 0 Å². The second-order valence-corrected chi connectivity index (χ2v) is 4.15. The Balaban J connectivity index is 1.79. The van der Waals surface area contributed by atoms with Gasteiger partial charge in [-0.1, -0.05) is 36.4 Å². The second-order valence-electron chi connectivity index (χ2n) is 4.15. The van der Waals surface area contributed by atoms with Crippen LogP contribution in [0.1, 0.15) is 11.1 Å². The van der Waals surface area contributed by atoms with Crippen LogP contribution < -0.4 is 5.32 Å². The van der Waals surface area contributed by atoms with Crippen LogP contribution in [0, 0.1) is 11.6 Å². The highest BCUT2D eigenvalue weighted by molar-refractivity contribution is 5.18. The summed E-state index contributed by atoms with van der Waals surface area (Å²) < 4.78 is 26.0. The van der Waals surface area contributed by atoms with Gasteiger partial charge in [-0.3, -0.25) is 0 Å². The van der Waals surface area contributed by atoms with E-state index in [-0.39, 0.29) is 0 Å². The molecule has 0 bridgehead atoms. The summed E-state index contributed by atoms with van der Waals surface area (Å²) in [5.74, 6) is -1.04. The van der Waals surface area contributed by atoms with E-state index in [4.69, 9.17) is 0 Å². The highest BCUT2D eigenvalue weighted by Crippen LogP contribution is 2.09. The highest BCUT2D eigenvalue weighted by atomic mass is 19.1. The zero-order chi connectivity index (χ0) is 12.8. The first-order valence-electron chi connectivity index (χ1n) is 5.94. The molecule has 18 heavy (non-hydrogen) atoms. The van der Waals surface area contributed by atoms with Crippen molar-refractivity contribution < 1.29 is 8.78 Å². The van der Waals surface area contributed by atoms with Crippen LogP contribution in [0.2, 0.25) is 0 Å². The van der Waals surface area contributed by atoms with E-state index in [2.05, 4.69) is 17.4 Å². The minimum Gasteiger partial charge on any atom is -0.312 e. The molecule has 2 rings (SSSR count). The number of hydrogen-bond donors (Lipinski definition) is 1. The van der Waals surface area contributed by atoms with E-state index in [9.17, 15) is 8.78 Å². The van der Waals surface area contributed by atoms with Gasteiger partial charge >= 0.3 is 0 Å². The van der Waals surface area contributed by atoms with Crippen molar-refractivity contribution in [2.75, 3.05) is 6.54 Å². The third kappa shape index (κ3) is 3.64. The minimum absolute atomic E-state index is 0.416. The van der Waals surface area contributed by atoms with E-state index in [0.29, 0.717) is 12.1 Å². The summed E-state index contributed by atoms with van der Waals surface area (Å²) in [6.07, 6.45) is 0.893. The number of benzene rings is 2. The lowest BCUT2D eigenvalue weighted by atomic mass is 10.1. The molecule has 1 nitrogen and oxygen atoms in total. The van der Waals surface area contributed by atoms with Crippen LogP contribution in [-0.4, -0.2) is 6.54 Å². The minimum atomic E-state index is -0.541. The van der Waals surface area contributed by atoms with Gasteiger partial charge in [0, 0.05) is 18.2 Å². The van der Waals surface area contributed by atoms with Gasteiger partial charge in [0.2, 0.25) is 0 Å². The molecule has 2 aromatic rings. The van der Waals surface area contributed by atoms with Gasteiger partial charge in [-0.05, 0) is 24.6 Å². The third-order valence-electron chi connectivity index (χ3n) is 2.76. The van der Waals surface area contributed by atoms with Crippen molar-refractivity contribution in [1.29, 1.82) is 0 Å². The fourth-order valence-electron chi connectivity index (χ4n) is 1.77. The average molecular weight is 247 g/mol. The van der Waals surface area contributed by atoms with E-state index in [0.717, 1.165) is 19.0 Å². The fraction of sp³-hybridized carbons (Fsp3) is 0.200. The predicted octanol–water partition coefficient (Wildman–Crippen LogP) is 3.30. The van der Waals surface area contributed by atoms with E-state index in [1.807, 2.05) is 18.2 Å². The number of hydrogen-bond acceptors (Lipinski definition) is 1. The highest BCUT2D eigenvalue weighted by Gasteiger charge is 2.02. The zero-order valence-corrected chi connectivity index (χ0v) is 10.00. The summed E-state index contributed by atoms with van der Waals surface area (Å²) in [6.45, 7) is 1.18. The van der Waals surface area contributed by atoms with Gasteiger partial charge in [-0.2, -0.15) is 0 Å².